The molecule has 4 nitrogen and oxygen atoms in total. The Kier molecular flexibility index (Phi) is 4.49. The van der Waals surface area contributed by atoms with Gasteiger partial charge in [-0.2, -0.15) is 0 Å². The van der Waals surface area contributed by atoms with Crippen molar-refractivity contribution >= 4 is 50.9 Å². The van der Waals surface area contributed by atoms with Gasteiger partial charge in [0, 0.05) is 21.5 Å². The molecule has 1 atom stereocenters. The topological polar surface area (TPSA) is 58.2 Å². The van der Waals surface area contributed by atoms with Gasteiger partial charge in [-0.3, -0.25) is 9.59 Å². The molecule has 0 saturated heterocycles. The van der Waals surface area contributed by atoms with Crippen LogP contribution in [0.3, 0.4) is 0 Å². The smallest absolute Gasteiger partial charge is 0.238 e. The SMILES string of the molecule is O=C(CC1Sc2ccccc2NC1=O)Nc1ccc(Br)cc1. The van der Waals surface area contributed by atoms with E-state index in [1.807, 2.05) is 48.5 Å². The maximum atomic E-state index is 12.1. The Morgan fingerprint density at radius 2 is 1.91 bits per heavy atom. The molecule has 1 heterocycles. The third kappa shape index (κ3) is 3.51. The fourth-order valence-corrected chi connectivity index (χ4v) is 3.52. The molecule has 0 spiro atoms. The summed E-state index contributed by atoms with van der Waals surface area (Å²) < 4.78 is 0.948. The third-order valence-electron chi connectivity index (χ3n) is 3.21. The highest BCUT2D eigenvalue weighted by molar-refractivity contribution is 9.10. The van der Waals surface area contributed by atoms with Crippen molar-refractivity contribution in [3.8, 4) is 0 Å². The number of carbonyl (C=O) groups is 2. The van der Waals surface area contributed by atoms with Gasteiger partial charge in [-0.05, 0) is 36.4 Å². The normalized spacial score (nSPS) is 16.6. The molecule has 3 rings (SSSR count). The quantitative estimate of drug-likeness (QED) is 0.853. The number of fused-ring (bicyclic) bond motifs is 1. The second kappa shape index (κ2) is 6.54. The van der Waals surface area contributed by atoms with Gasteiger partial charge in [0.2, 0.25) is 11.8 Å². The van der Waals surface area contributed by atoms with Crippen molar-refractivity contribution in [3.63, 3.8) is 0 Å². The van der Waals surface area contributed by atoms with Crippen molar-refractivity contribution in [2.24, 2.45) is 0 Å². The van der Waals surface area contributed by atoms with E-state index in [0.29, 0.717) is 0 Å². The Morgan fingerprint density at radius 1 is 1.18 bits per heavy atom. The predicted molar refractivity (Wildman–Crippen MR) is 92.1 cm³/mol. The lowest BCUT2D eigenvalue weighted by molar-refractivity contribution is -0.120. The molecule has 2 amide bonds. The molecule has 0 radical (unpaired) electrons. The molecular weight excluding hydrogens is 364 g/mol. The minimum absolute atomic E-state index is 0.130. The summed E-state index contributed by atoms with van der Waals surface area (Å²) >= 11 is 4.77. The van der Waals surface area contributed by atoms with Crippen molar-refractivity contribution in [3.05, 3.63) is 53.0 Å². The fraction of sp³-hybridized carbons (Fsp3) is 0.125. The maximum Gasteiger partial charge on any atom is 0.238 e. The zero-order valence-electron chi connectivity index (χ0n) is 11.5. The van der Waals surface area contributed by atoms with Gasteiger partial charge in [0.05, 0.1) is 10.9 Å². The number of thioether (sulfide) groups is 1. The Labute approximate surface area is 140 Å². The molecule has 6 heteroatoms. The number of amides is 2. The van der Waals surface area contributed by atoms with Crippen LogP contribution >= 0.6 is 27.7 Å². The highest BCUT2D eigenvalue weighted by atomic mass is 79.9. The van der Waals surface area contributed by atoms with Crippen LogP contribution < -0.4 is 10.6 Å². The van der Waals surface area contributed by atoms with Crippen molar-refractivity contribution in [2.45, 2.75) is 16.6 Å². The van der Waals surface area contributed by atoms with E-state index in [9.17, 15) is 9.59 Å². The summed E-state index contributed by atoms with van der Waals surface area (Å²) in [5.41, 5.74) is 1.52. The maximum absolute atomic E-state index is 12.1. The summed E-state index contributed by atoms with van der Waals surface area (Å²) in [5, 5.41) is 5.24. The summed E-state index contributed by atoms with van der Waals surface area (Å²) in [5.74, 6) is -0.302. The molecule has 0 fully saturated rings. The van der Waals surface area contributed by atoms with Crippen LogP contribution in [0.5, 0.6) is 0 Å². The van der Waals surface area contributed by atoms with Gasteiger partial charge in [-0.15, -0.1) is 11.8 Å². The van der Waals surface area contributed by atoms with Gasteiger partial charge in [-0.25, -0.2) is 0 Å². The van der Waals surface area contributed by atoms with E-state index in [1.165, 1.54) is 11.8 Å². The van der Waals surface area contributed by atoms with Crippen LogP contribution in [0, 0.1) is 0 Å². The molecule has 112 valence electrons. The van der Waals surface area contributed by atoms with E-state index in [1.54, 1.807) is 0 Å². The van der Waals surface area contributed by atoms with E-state index in [0.717, 1.165) is 20.7 Å². The number of para-hydroxylation sites is 1. The van der Waals surface area contributed by atoms with Gasteiger partial charge in [0.15, 0.2) is 0 Å². The summed E-state index contributed by atoms with van der Waals surface area (Å²) in [4.78, 5) is 25.2. The molecule has 2 N–H and O–H groups in total. The van der Waals surface area contributed by atoms with Crippen LogP contribution in [0.2, 0.25) is 0 Å². The number of benzene rings is 2. The average Bonchev–Trinajstić information content (AvgIpc) is 2.50. The van der Waals surface area contributed by atoms with Crippen molar-refractivity contribution in [1.82, 2.24) is 0 Å². The number of carbonyl (C=O) groups excluding carboxylic acids is 2. The van der Waals surface area contributed by atoms with Gasteiger partial charge in [0.25, 0.3) is 0 Å². The molecule has 2 aromatic carbocycles. The zero-order chi connectivity index (χ0) is 15.5. The van der Waals surface area contributed by atoms with Gasteiger partial charge >= 0.3 is 0 Å². The van der Waals surface area contributed by atoms with Gasteiger partial charge in [-0.1, -0.05) is 28.1 Å². The van der Waals surface area contributed by atoms with Crippen molar-refractivity contribution in [1.29, 1.82) is 0 Å². The van der Waals surface area contributed by atoms with Gasteiger partial charge in [0.1, 0.15) is 0 Å². The molecule has 0 saturated carbocycles. The first-order valence-corrected chi connectivity index (χ1v) is 8.41. The summed E-state index contributed by atoms with van der Waals surface area (Å²) in [6.45, 7) is 0. The number of rotatable bonds is 3. The summed E-state index contributed by atoms with van der Waals surface area (Å²) in [7, 11) is 0. The van der Waals surface area contributed by atoms with Crippen LogP contribution in [0.15, 0.2) is 57.9 Å². The van der Waals surface area contributed by atoms with Crippen molar-refractivity contribution < 1.29 is 9.59 Å². The van der Waals surface area contributed by atoms with Crippen LogP contribution in [0.4, 0.5) is 11.4 Å². The summed E-state index contributed by atoms with van der Waals surface area (Å²) in [6.07, 6.45) is 0.140. The largest absolute Gasteiger partial charge is 0.326 e. The zero-order valence-corrected chi connectivity index (χ0v) is 13.9. The van der Waals surface area contributed by atoms with Crippen LogP contribution in [0.25, 0.3) is 0 Å². The van der Waals surface area contributed by atoms with E-state index in [-0.39, 0.29) is 18.2 Å². The molecule has 22 heavy (non-hydrogen) atoms. The average molecular weight is 377 g/mol. The number of hydrogen-bond acceptors (Lipinski definition) is 3. The van der Waals surface area contributed by atoms with Crippen molar-refractivity contribution in [2.75, 3.05) is 10.6 Å². The first-order chi connectivity index (χ1) is 10.6. The fourth-order valence-electron chi connectivity index (χ4n) is 2.14. The highest BCUT2D eigenvalue weighted by Crippen LogP contribution is 2.36. The number of nitrogens with one attached hydrogen (secondary N) is 2. The van der Waals surface area contributed by atoms with Crippen LogP contribution in [-0.2, 0) is 9.59 Å². The molecule has 0 aliphatic carbocycles. The Balaban J connectivity index is 1.64. The van der Waals surface area contributed by atoms with Crippen LogP contribution in [-0.4, -0.2) is 17.1 Å². The summed E-state index contributed by atoms with van der Waals surface area (Å²) in [6, 6.07) is 14.9. The predicted octanol–water partition coefficient (Wildman–Crippen LogP) is 3.89. The van der Waals surface area contributed by atoms with Gasteiger partial charge < -0.3 is 10.6 Å². The monoisotopic (exact) mass is 376 g/mol. The first-order valence-electron chi connectivity index (χ1n) is 6.74. The van der Waals surface area contributed by atoms with E-state index in [4.69, 9.17) is 0 Å². The molecule has 1 aliphatic heterocycles. The van der Waals surface area contributed by atoms with E-state index >= 15 is 0 Å². The molecule has 1 unspecified atom stereocenters. The number of anilines is 2. The molecule has 1 aliphatic rings. The molecular formula is C16H13BrN2O2S. The highest BCUT2D eigenvalue weighted by Gasteiger charge is 2.28. The third-order valence-corrected chi connectivity index (χ3v) is 5.01. The second-order valence-corrected chi connectivity index (χ2v) is 7.01. The van der Waals surface area contributed by atoms with E-state index < -0.39 is 5.25 Å². The standard InChI is InChI=1S/C16H13BrN2O2S/c17-10-5-7-11(8-6-10)18-15(20)9-14-16(21)19-12-3-1-2-4-13(12)22-14/h1-8,14H,9H2,(H,18,20)(H,19,21). The molecule has 0 bridgehead atoms. The van der Waals surface area contributed by atoms with E-state index in [2.05, 4.69) is 26.6 Å². The lowest BCUT2D eigenvalue weighted by atomic mass is 10.2. The Morgan fingerprint density at radius 3 is 2.68 bits per heavy atom. The lowest BCUT2D eigenvalue weighted by Crippen LogP contribution is -2.32. The first kappa shape index (κ1) is 15.1. The molecule has 0 aromatic heterocycles. The Hall–Kier alpha value is -1.79. The molecule has 2 aromatic rings. The minimum Gasteiger partial charge on any atom is -0.326 e. The Bertz CT molecular complexity index is 718. The minimum atomic E-state index is -0.412. The number of halogens is 1. The van der Waals surface area contributed by atoms with Crippen LogP contribution in [0.1, 0.15) is 6.42 Å². The lowest BCUT2D eigenvalue weighted by Gasteiger charge is -2.23. The number of hydrogen-bond donors (Lipinski definition) is 2. The second-order valence-electron chi connectivity index (χ2n) is 4.85.